The molecule has 1 N–H and O–H groups in total. The number of likely N-dealkylation sites (tertiary alicyclic amines) is 1. The first-order valence-electron chi connectivity index (χ1n) is 11.1. The van der Waals surface area contributed by atoms with Crippen LogP contribution in [0.15, 0.2) is 36.9 Å². The third-order valence-corrected chi connectivity index (χ3v) is 6.23. The Morgan fingerprint density at radius 2 is 2.07 bits per heavy atom. The van der Waals surface area contributed by atoms with Crippen LogP contribution in [0.3, 0.4) is 0 Å². The van der Waals surface area contributed by atoms with Gasteiger partial charge in [0.05, 0.1) is 6.54 Å². The van der Waals surface area contributed by atoms with Gasteiger partial charge in [0.1, 0.15) is 5.82 Å². The average Bonchev–Trinajstić information content (AvgIpc) is 2.92. The topological polar surface area (TPSA) is 50.2 Å². The fraction of sp³-hybridized carbons (Fsp3) is 0.500. The van der Waals surface area contributed by atoms with Crippen molar-refractivity contribution in [3.05, 3.63) is 65.3 Å². The smallest absolute Gasteiger partial charge is 0.274 e. The number of fused-ring (bicyclic) bond motifs is 1. The van der Waals surface area contributed by atoms with E-state index < -0.39 is 0 Å². The molecule has 2 aromatic rings. The lowest BCUT2D eigenvalue weighted by molar-refractivity contribution is 0.0753. The Kier molecular flexibility index (Phi) is 6.62. The lowest BCUT2D eigenvalue weighted by Crippen LogP contribution is -2.36. The number of nitrogens with zero attached hydrogens (tertiary/aromatic N) is 3. The number of halogens is 1. The number of benzene rings is 1. The molecule has 2 heterocycles. The Morgan fingerprint density at radius 3 is 2.80 bits per heavy atom. The van der Waals surface area contributed by atoms with E-state index >= 15 is 0 Å². The van der Waals surface area contributed by atoms with Gasteiger partial charge >= 0.3 is 0 Å². The monoisotopic (exact) mass is 410 g/mol. The van der Waals surface area contributed by atoms with Crippen LogP contribution in [-0.4, -0.2) is 39.7 Å². The molecule has 1 fully saturated rings. The first-order chi connectivity index (χ1) is 14.7. The summed E-state index contributed by atoms with van der Waals surface area (Å²) in [4.78, 5) is 15.3. The summed E-state index contributed by atoms with van der Waals surface area (Å²) < 4.78 is 15.4. The van der Waals surface area contributed by atoms with Gasteiger partial charge in [-0.25, -0.2) is 4.39 Å². The zero-order valence-corrected chi connectivity index (χ0v) is 17.6. The number of hydrogen-bond donors (Lipinski definition) is 1. The van der Waals surface area contributed by atoms with E-state index in [9.17, 15) is 9.18 Å². The van der Waals surface area contributed by atoms with Gasteiger partial charge in [0, 0.05) is 36.9 Å². The SMILES string of the molecule is C=CCn1nc(C(=O)N2CCCCCC2)c2c1CC[C@@H](NCc1cccc(F)c1)C2. The summed E-state index contributed by atoms with van der Waals surface area (Å²) in [6.45, 7) is 6.73. The minimum atomic E-state index is -0.212. The van der Waals surface area contributed by atoms with Crippen LogP contribution >= 0.6 is 0 Å². The largest absolute Gasteiger partial charge is 0.337 e. The molecular formula is C24H31FN4O. The quantitative estimate of drug-likeness (QED) is 0.736. The summed E-state index contributed by atoms with van der Waals surface area (Å²) in [5.74, 6) is -0.141. The molecule has 1 atom stereocenters. The summed E-state index contributed by atoms with van der Waals surface area (Å²) >= 11 is 0. The molecule has 30 heavy (non-hydrogen) atoms. The first-order valence-corrected chi connectivity index (χ1v) is 11.1. The third-order valence-electron chi connectivity index (χ3n) is 6.23. The Bertz CT molecular complexity index is 899. The molecule has 0 saturated carbocycles. The normalized spacial score (nSPS) is 19.2. The van der Waals surface area contributed by atoms with Crippen LogP contribution < -0.4 is 5.32 Å². The molecule has 1 saturated heterocycles. The molecule has 1 aromatic heterocycles. The van der Waals surface area contributed by atoms with Gasteiger partial charge in [-0.3, -0.25) is 9.48 Å². The second-order valence-corrected chi connectivity index (χ2v) is 8.40. The Hall–Kier alpha value is -2.47. The second kappa shape index (κ2) is 9.56. The van der Waals surface area contributed by atoms with Crippen molar-refractivity contribution in [1.82, 2.24) is 20.0 Å². The predicted octanol–water partition coefficient (Wildman–Crippen LogP) is 3.87. The average molecular weight is 411 g/mol. The van der Waals surface area contributed by atoms with Crippen molar-refractivity contribution >= 4 is 5.91 Å². The van der Waals surface area contributed by atoms with Crippen LogP contribution in [0.5, 0.6) is 0 Å². The fourth-order valence-electron chi connectivity index (χ4n) is 4.64. The molecule has 0 bridgehead atoms. The molecule has 1 aliphatic heterocycles. The molecule has 1 aromatic carbocycles. The van der Waals surface area contributed by atoms with Crippen LogP contribution in [0.4, 0.5) is 4.39 Å². The van der Waals surface area contributed by atoms with Gasteiger partial charge in [0.15, 0.2) is 5.69 Å². The number of nitrogens with one attached hydrogen (secondary N) is 1. The molecule has 0 spiro atoms. The maximum Gasteiger partial charge on any atom is 0.274 e. The Labute approximate surface area is 178 Å². The van der Waals surface area contributed by atoms with E-state index in [1.54, 1.807) is 12.1 Å². The Balaban J connectivity index is 1.52. The van der Waals surface area contributed by atoms with E-state index in [-0.39, 0.29) is 17.8 Å². The summed E-state index contributed by atoms with van der Waals surface area (Å²) in [6, 6.07) is 6.95. The van der Waals surface area contributed by atoms with Crippen LogP contribution in [0.25, 0.3) is 0 Å². The van der Waals surface area contributed by atoms with Crippen molar-refractivity contribution in [2.45, 2.75) is 64.1 Å². The van der Waals surface area contributed by atoms with E-state index in [1.807, 2.05) is 21.7 Å². The van der Waals surface area contributed by atoms with Crippen molar-refractivity contribution in [3.63, 3.8) is 0 Å². The summed E-state index contributed by atoms with van der Waals surface area (Å²) in [6.07, 6.45) is 8.99. The minimum absolute atomic E-state index is 0.0711. The molecule has 0 unspecified atom stereocenters. The molecule has 1 amide bonds. The number of rotatable bonds is 6. The highest BCUT2D eigenvalue weighted by molar-refractivity contribution is 5.94. The van der Waals surface area contributed by atoms with Gasteiger partial charge < -0.3 is 10.2 Å². The summed E-state index contributed by atoms with van der Waals surface area (Å²) in [5.41, 5.74) is 3.79. The lowest BCUT2D eigenvalue weighted by atomic mass is 9.91. The number of carbonyl (C=O) groups is 1. The van der Waals surface area contributed by atoms with Crippen LogP contribution in [0, 0.1) is 5.82 Å². The van der Waals surface area contributed by atoms with Crippen LogP contribution in [0.1, 0.15) is 59.4 Å². The van der Waals surface area contributed by atoms with E-state index in [1.165, 1.54) is 18.9 Å². The highest BCUT2D eigenvalue weighted by Gasteiger charge is 2.31. The van der Waals surface area contributed by atoms with E-state index in [0.29, 0.717) is 18.8 Å². The second-order valence-electron chi connectivity index (χ2n) is 8.40. The van der Waals surface area contributed by atoms with Gasteiger partial charge in [0.25, 0.3) is 5.91 Å². The maximum absolute atomic E-state index is 13.5. The standard InChI is InChI=1S/C24H31FN4O/c1-2-12-29-22-11-10-20(26-17-18-8-7-9-19(25)15-18)16-21(22)23(27-29)24(30)28-13-5-3-4-6-14-28/h2,7-9,15,20,26H,1,3-6,10-14,16-17H2/t20-/m1/s1. The molecule has 160 valence electrons. The maximum atomic E-state index is 13.5. The molecule has 1 aliphatic carbocycles. The van der Waals surface area contributed by atoms with Crippen molar-refractivity contribution in [2.75, 3.05) is 13.1 Å². The number of carbonyl (C=O) groups excluding carboxylic acids is 1. The lowest BCUT2D eigenvalue weighted by Gasteiger charge is -2.25. The fourth-order valence-corrected chi connectivity index (χ4v) is 4.64. The molecular weight excluding hydrogens is 379 g/mol. The first kappa shape index (κ1) is 20.8. The van der Waals surface area contributed by atoms with Crippen LogP contribution in [0.2, 0.25) is 0 Å². The van der Waals surface area contributed by atoms with Gasteiger partial charge in [-0.1, -0.05) is 31.1 Å². The van der Waals surface area contributed by atoms with Crippen molar-refractivity contribution in [3.8, 4) is 0 Å². The van der Waals surface area contributed by atoms with Gasteiger partial charge in [-0.15, -0.1) is 6.58 Å². The van der Waals surface area contributed by atoms with Crippen molar-refractivity contribution < 1.29 is 9.18 Å². The molecule has 4 rings (SSSR count). The number of hydrogen-bond acceptors (Lipinski definition) is 3. The summed E-state index contributed by atoms with van der Waals surface area (Å²) in [5, 5.41) is 8.28. The molecule has 2 aliphatic rings. The van der Waals surface area contributed by atoms with Gasteiger partial charge in [-0.2, -0.15) is 5.10 Å². The van der Waals surface area contributed by atoms with E-state index in [2.05, 4.69) is 11.9 Å². The number of amides is 1. The molecule has 5 nitrogen and oxygen atoms in total. The van der Waals surface area contributed by atoms with Gasteiger partial charge in [0.2, 0.25) is 0 Å². The van der Waals surface area contributed by atoms with E-state index in [0.717, 1.165) is 62.0 Å². The van der Waals surface area contributed by atoms with Crippen molar-refractivity contribution in [2.24, 2.45) is 0 Å². The minimum Gasteiger partial charge on any atom is -0.337 e. The molecule has 6 heteroatoms. The van der Waals surface area contributed by atoms with Crippen molar-refractivity contribution in [1.29, 1.82) is 0 Å². The summed E-state index contributed by atoms with van der Waals surface area (Å²) in [7, 11) is 0. The van der Waals surface area contributed by atoms with Gasteiger partial charge in [-0.05, 0) is 49.8 Å². The molecule has 0 radical (unpaired) electrons. The number of allylic oxidation sites excluding steroid dienone is 1. The Morgan fingerprint density at radius 1 is 1.27 bits per heavy atom. The van der Waals surface area contributed by atoms with Crippen LogP contribution in [-0.2, 0) is 25.9 Å². The number of aromatic nitrogens is 2. The highest BCUT2D eigenvalue weighted by Crippen LogP contribution is 2.27. The predicted molar refractivity (Wildman–Crippen MR) is 116 cm³/mol. The zero-order valence-electron chi connectivity index (χ0n) is 17.6. The zero-order chi connectivity index (χ0) is 20.9. The third kappa shape index (κ3) is 4.64. The highest BCUT2D eigenvalue weighted by atomic mass is 19.1. The van der Waals surface area contributed by atoms with E-state index in [4.69, 9.17) is 5.10 Å².